The monoisotopic (exact) mass is 332 g/mol. The van der Waals surface area contributed by atoms with Crippen LogP contribution in [0.1, 0.15) is 22.8 Å². The first-order chi connectivity index (χ1) is 12.2. The van der Waals surface area contributed by atoms with Gasteiger partial charge in [-0.25, -0.2) is 4.52 Å². The Labute approximate surface area is 143 Å². The summed E-state index contributed by atoms with van der Waals surface area (Å²) in [6.45, 7) is 2.03. The van der Waals surface area contributed by atoms with Crippen molar-refractivity contribution in [2.45, 2.75) is 13.3 Å². The lowest BCUT2D eigenvalue weighted by atomic mass is 10.1. The molecule has 2 aromatic carbocycles. The number of hydrogen-bond donors (Lipinski definition) is 2. The number of amides is 1. The van der Waals surface area contributed by atoms with Gasteiger partial charge in [0.1, 0.15) is 11.2 Å². The maximum absolute atomic E-state index is 12.7. The number of nitrogens with one attached hydrogen (secondary N) is 2. The molecule has 2 aromatic heterocycles. The van der Waals surface area contributed by atoms with Crippen LogP contribution in [0.2, 0.25) is 0 Å². The number of aromatic nitrogens is 3. The van der Waals surface area contributed by atoms with E-state index in [4.69, 9.17) is 0 Å². The molecule has 0 atom stereocenters. The Balaban J connectivity index is 1.82. The van der Waals surface area contributed by atoms with Crippen LogP contribution in [0.15, 0.2) is 59.5 Å². The van der Waals surface area contributed by atoms with Crippen LogP contribution in [0.25, 0.3) is 16.6 Å². The van der Waals surface area contributed by atoms with Gasteiger partial charge in [0, 0.05) is 5.69 Å². The van der Waals surface area contributed by atoms with Crippen molar-refractivity contribution in [3.63, 3.8) is 0 Å². The number of H-pyrrole nitrogens is 1. The van der Waals surface area contributed by atoms with Crippen LogP contribution >= 0.6 is 0 Å². The van der Waals surface area contributed by atoms with Gasteiger partial charge in [-0.1, -0.05) is 37.3 Å². The molecular formula is C19H16N4O2. The van der Waals surface area contributed by atoms with Gasteiger partial charge in [0.2, 0.25) is 0 Å². The predicted octanol–water partition coefficient (Wildman–Crippen LogP) is 2.99. The molecule has 1 amide bonds. The van der Waals surface area contributed by atoms with Crippen molar-refractivity contribution in [2.75, 3.05) is 5.32 Å². The molecule has 0 aliphatic carbocycles. The van der Waals surface area contributed by atoms with Crippen LogP contribution in [-0.4, -0.2) is 20.5 Å². The molecule has 0 aliphatic heterocycles. The Morgan fingerprint density at radius 3 is 2.76 bits per heavy atom. The van der Waals surface area contributed by atoms with Crippen molar-refractivity contribution >= 4 is 28.1 Å². The number of anilines is 1. The normalized spacial score (nSPS) is 11.1. The lowest BCUT2D eigenvalue weighted by Gasteiger charge is -2.09. The predicted molar refractivity (Wildman–Crippen MR) is 97.1 cm³/mol. The average molecular weight is 332 g/mol. The summed E-state index contributed by atoms with van der Waals surface area (Å²) in [7, 11) is 0. The summed E-state index contributed by atoms with van der Waals surface area (Å²) in [5.74, 6) is -0.304. The van der Waals surface area contributed by atoms with Crippen molar-refractivity contribution in [1.82, 2.24) is 14.6 Å². The van der Waals surface area contributed by atoms with Crippen LogP contribution < -0.4 is 10.9 Å². The van der Waals surface area contributed by atoms with Gasteiger partial charge >= 0.3 is 0 Å². The molecule has 2 N–H and O–H groups in total. The van der Waals surface area contributed by atoms with Gasteiger partial charge in [0.05, 0.1) is 17.1 Å². The highest BCUT2D eigenvalue weighted by Crippen LogP contribution is 2.19. The SMILES string of the molecule is CCc1ccccc1NC(=O)c1cnn2c1[nH]c(=O)c1ccccc12. The van der Waals surface area contributed by atoms with E-state index < -0.39 is 0 Å². The minimum Gasteiger partial charge on any atom is -0.322 e. The molecule has 0 radical (unpaired) electrons. The van der Waals surface area contributed by atoms with Crippen molar-refractivity contribution in [3.05, 3.63) is 76.2 Å². The molecule has 2 heterocycles. The molecule has 0 saturated carbocycles. The number of aromatic amines is 1. The Bertz CT molecular complexity index is 1160. The first kappa shape index (κ1) is 15.1. The molecular weight excluding hydrogens is 316 g/mol. The van der Waals surface area contributed by atoms with Gasteiger partial charge in [0.15, 0.2) is 0 Å². The number of rotatable bonds is 3. The maximum Gasteiger partial charge on any atom is 0.261 e. The summed E-state index contributed by atoms with van der Waals surface area (Å²) >= 11 is 0. The van der Waals surface area contributed by atoms with Crippen LogP contribution in [0.3, 0.4) is 0 Å². The van der Waals surface area contributed by atoms with Crippen LogP contribution in [-0.2, 0) is 6.42 Å². The third-order valence-electron chi connectivity index (χ3n) is 4.27. The number of carbonyl (C=O) groups is 1. The van der Waals surface area contributed by atoms with E-state index in [1.807, 2.05) is 37.3 Å². The smallest absolute Gasteiger partial charge is 0.261 e. The lowest BCUT2D eigenvalue weighted by molar-refractivity contribution is 0.102. The summed E-state index contributed by atoms with van der Waals surface area (Å²) in [6, 6.07) is 14.8. The lowest BCUT2D eigenvalue weighted by Crippen LogP contribution is -2.16. The molecule has 0 fully saturated rings. The minimum atomic E-state index is -0.304. The van der Waals surface area contributed by atoms with E-state index in [-0.39, 0.29) is 11.5 Å². The van der Waals surface area contributed by atoms with E-state index in [0.717, 1.165) is 17.7 Å². The average Bonchev–Trinajstić information content (AvgIpc) is 3.06. The molecule has 124 valence electrons. The highest BCUT2D eigenvalue weighted by atomic mass is 16.2. The molecule has 4 rings (SSSR count). The quantitative estimate of drug-likeness (QED) is 0.605. The molecule has 0 unspecified atom stereocenters. The number of benzene rings is 2. The Hall–Kier alpha value is -3.41. The third-order valence-corrected chi connectivity index (χ3v) is 4.27. The second-order valence-electron chi connectivity index (χ2n) is 5.75. The zero-order valence-electron chi connectivity index (χ0n) is 13.6. The molecule has 6 nitrogen and oxygen atoms in total. The summed E-state index contributed by atoms with van der Waals surface area (Å²) in [4.78, 5) is 27.8. The van der Waals surface area contributed by atoms with Gasteiger partial charge in [-0.05, 0) is 30.2 Å². The fourth-order valence-electron chi connectivity index (χ4n) is 2.98. The van der Waals surface area contributed by atoms with Gasteiger partial charge in [-0.15, -0.1) is 0 Å². The number of nitrogens with zero attached hydrogens (tertiary/aromatic N) is 2. The topological polar surface area (TPSA) is 79.3 Å². The fraction of sp³-hybridized carbons (Fsp3) is 0.105. The number of carbonyl (C=O) groups excluding carboxylic acids is 1. The molecule has 0 bridgehead atoms. The number of fused-ring (bicyclic) bond motifs is 3. The number of hydrogen-bond acceptors (Lipinski definition) is 3. The Morgan fingerprint density at radius 1 is 1.16 bits per heavy atom. The summed E-state index contributed by atoms with van der Waals surface area (Å²) < 4.78 is 1.58. The van der Waals surface area contributed by atoms with E-state index in [0.29, 0.717) is 22.1 Å². The standard InChI is InChI=1S/C19H16N4O2/c1-2-12-7-3-5-9-15(12)21-19(25)14-11-20-23-16-10-6-4-8-13(16)18(24)22-17(14)23/h3-11H,2H2,1H3,(H,21,25)(H,22,24). The minimum absolute atomic E-state index is 0.244. The highest BCUT2D eigenvalue weighted by Gasteiger charge is 2.17. The van der Waals surface area contributed by atoms with Gasteiger partial charge in [0.25, 0.3) is 11.5 Å². The largest absolute Gasteiger partial charge is 0.322 e. The second-order valence-corrected chi connectivity index (χ2v) is 5.75. The first-order valence-corrected chi connectivity index (χ1v) is 8.07. The molecule has 4 aromatic rings. The zero-order valence-corrected chi connectivity index (χ0v) is 13.6. The van der Waals surface area contributed by atoms with Crippen molar-refractivity contribution in [1.29, 1.82) is 0 Å². The Kier molecular flexibility index (Phi) is 3.57. The molecule has 25 heavy (non-hydrogen) atoms. The second kappa shape index (κ2) is 5.90. The summed E-state index contributed by atoms with van der Waals surface area (Å²) in [5.41, 5.74) is 2.94. The van der Waals surface area contributed by atoms with Gasteiger partial charge < -0.3 is 10.3 Å². The van der Waals surface area contributed by atoms with Crippen molar-refractivity contribution in [2.24, 2.45) is 0 Å². The number of aryl methyl sites for hydroxylation is 1. The van der Waals surface area contributed by atoms with E-state index >= 15 is 0 Å². The van der Waals surface area contributed by atoms with Gasteiger partial charge in [-0.2, -0.15) is 5.10 Å². The van der Waals surface area contributed by atoms with Crippen molar-refractivity contribution in [3.8, 4) is 0 Å². The van der Waals surface area contributed by atoms with E-state index in [9.17, 15) is 9.59 Å². The van der Waals surface area contributed by atoms with E-state index in [1.54, 1.807) is 22.7 Å². The molecule has 6 heteroatoms. The van der Waals surface area contributed by atoms with E-state index in [1.165, 1.54) is 6.20 Å². The third kappa shape index (κ3) is 2.48. The molecule has 0 spiro atoms. The fourth-order valence-corrected chi connectivity index (χ4v) is 2.98. The summed E-state index contributed by atoms with van der Waals surface area (Å²) in [5, 5.41) is 7.72. The summed E-state index contributed by atoms with van der Waals surface area (Å²) in [6.07, 6.45) is 2.29. The van der Waals surface area contributed by atoms with Crippen LogP contribution in [0, 0.1) is 0 Å². The van der Waals surface area contributed by atoms with Crippen molar-refractivity contribution < 1.29 is 4.79 Å². The first-order valence-electron chi connectivity index (χ1n) is 8.07. The number of para-hydroxylation sites is 2. The maximum atomic E-state index is 12.7. The highest BCUT2D eigenvalue weighted by molar-refractivity contribution is 6.08. The molecule has 0 aliphatic rings. The Morgan fingerprint density at radius 2 is 1.92 bits per heavy atom. The van der Waals surface area contributed by atoms with Crippen LogP contribution in [0.5, 0.6) is 0 Å². The molecule has 0 saturated heterocycles. The van der Waals surface area contributed by atoms with Gasteiger partial charge in [-0.3, -0.25) is 9.59 Å². The van der Waals surface area contributed by atoms with Crippen LogP contribution in [0.4, 0.5) is 5.69 Å². The zero-order chi connectivity index (χ0) is 17.4. The van der Waals surface area contributed by atoms with E-state index in [2.05, 4.69) is 15.4 Å².